The van der Waals surface area contributed by atoms with Gasteiger partial charge in [-0.3, -0.25) is 14.8 Å². The number of hydrogen-bond donors (Lipinski definition) is 3. The van der Waals surface area contributed by atoms with Crippen molar-refractivity contribution in [2.24, 2.45) is 0 Å². The van der Waals surface area contributed by atoms with E-state index in [-0.39, 0.29) is 17.2 Å². The number of aryl methyl sites for hydroxylation is 2. The Hall–Kier alpha value is -4.12. The number of rotatable bonds is 8. The summed E-state index contributed by atoms with van der Waals surface area (Å²) in [5.74, 6) is 0. The number of carbonyl (C=O) groups is 1. The Morgan fingerprint density at radius 1 is 0.974 bits per heavy atom. The highest BCUT2D eigenvalue weighted by atomic mass is 32.2. The van der Waals surface area contributed by atoms with Crippen LogP contribution in [-0.2, 0) is 32.1 Å². The van der Waals surface area contributed by atoms with Crippen LogP contribution in [0.1, 0.15) is 40.7 Å². The van der Waals surface area contributed by atoms with Crippen molar-refractivity contribution >= 4 is 46.1 Å². The van der Waals surface area contributed by atoms with Gasteiger partial charge in [-0.2, -0.15) is 0 Å². The van der Waals surface area contributed by atoms with Gasteiger partial charge in [-0.25, -0.2) is 9.42 Å². The fourth-order valence-corrected chi connectivity index (χ4v) is 5.95. The summed E-state index contributed by atoms with van der Waals surface area (Å²) in [4.78, 5) is 24.3. The molecule has 2 aliphatic rings. The molecule has 4 aromatic rings. The van der Waals surface area contributed by atoms with Crippen LogP contribution >= 0.6 is 11.9 Å². The zero-order valence-electron chi connectivity index (χ0n) is 20.6. The molecular formula is C27H26N6O4S. The monoisotopic (exact) mass is 530 g/mol. The van der Waals surface area contributed by atoms with E-state index < -0.39 is 4.92 Å². The molecule has 0 saturated carbocycles. The molecule has 38 heavy (non-hydrogen) atoms. The van der Waals surface area contributed by atoms with Crippen molar-refractivity contribution in [1.29, 1.82) is 0 Å². The summed E-state index contributed by atoms with van der Waals surface area (Å²) in [6, 6.07) is 13.1. The molecule has 3 aromatic carbocycles. The lowest BCUT2D eigenvalue weighted by Gasteiger charge is -2.16. The third-order valence-electron chi connectivity index (χ3n) is 7.22. The molecule has 3 N–H and O–H groups in total. The lowest BCUT2D eigenvalue weighted by molar-refractivity contribution is -0.383. The van der Waals surface area contributed by atoms with Crippen LogP contribution < -0.4 is 15.4 Å². The van der Waals surface area contributed by atoms with Crippen LogP contribution in [0, 0.1) is 10.1 Å². The number of nitro groups is 1. The van der Waals surface area contributed by atoms with Gasteiger partial charge in [0.2, 0.25) is 5.52 Å². The Morgan fingerprint density at radius 3 is 2.39 bits per heavy atom. The minimum Gasteiger partial charge on any atom is -0.383 e. The summed E-state index contributed by atoms with van der Waals surface area (Å²) >= 11 is 1.29. The molecule has 0 atom stereocenters. The van der Waals surface area contributed by atoms with E-state index in [0.29, 0.717) is 17.7 Å². The van der Waals surface area contributed by atoms with Gasteiger partial charge >= 0.3 is 11.7 Å². The quantitative estimate of drug-likeness (QED) is 0.152. The minimum absolute atomic E-state index is 0.124. The number of amides is 2. The number of urea groups is 1. The summed E-state index contributed by atoms with van der Waals surface area (Å²) < 4.78 is 7.63. The van der Waals surface area contributed by atoms with Crippen LogP contribution in [0.5, 0.6) is 0 Å². The van der Waals surface area contributed by atoms with Gasteiger partial charge < -0.3 is 10.6 Å². The summed E-state index contributed by atoms with van der Waals surface area (Å²) in [5, 5.41) is 25.0. The van der Waals surface area contributed by atoms with Gasteiger partial charge in [0.15, 0.2) is 5.52 Å². The number of nitrogens with one attached hydrogen (secondary N) is 3. The Bertz CT molecular complexity index is 1500. The van der Waals surface area contributed by atoms with Crippen LogP contribution in [0.2, 0.25) is 0 Å². The van der Waals surface area contributed by atoms with Crippen LogP contribution in [0.3, 0.4) is 0 Å². The van der Waals surface area contributed by atoms with Crippen LogP contribution in [0.25, 0.3) is 11.0 Å². The maximum absolute atomic E-state index is 12.8. The van der Waals surface area contributed by atoms with Crippen molar-refractivity contribution in [1.82, 2.24) is 15.0 Å². The molecule has 2 amide bonds. The van der Waals surface area contributed by atoms with Gasteiger partial charge in [0.05, 0.1) is 10.6 Å². The van der Waals surface area contributed by atoms with Crippen molar-refractivity contribution in [3.63, 3.8) is 0 Å². The number of non-ortho nitro benzene ring substituents is 1. The van der Waals surface area contributed by atoms with Gasteiger partial charge in [-0.05, 0) is 113 Å². The van der Waals surface area contributed by atoms with E-state index in [9.17, 15) is 14.9 Å². The number of fused-ring (bicyclic) bond motifs is 3. The minimum atomic E-state index is -0.506. The topological polar surface area (TPSA) is 135 Å². The molecule has 10 nitrogen and oxygen atoms in total. The van der Waals surface area contributed by atoms with Crippen molar-refractivity contribution < 1.29 is 14.3 Å². The summed E-state index contributed by atoms with van der Waals surface area (Å²) in [7, 11) is 0. The lowest BCUT2D eigenvalue weighted by atomic mass is 9.99. The Morgan fingerprint density at radius 2 is 1.68 bits per heavy atom. The first-order valence-corrected chi connectivity index (χ1v) is 13.5. The van der Waals surface area contributed by atoms with E-state index in [4.69, 9.17) is 4.63 Å². The average molecular weight is 531 g/mol. The summed E-state index contributed by atoms with van der Waals surface area (Å²) in [6.45, 7) is 0.596. The molecule has 0 unspecified atom stereocenters. The molecule has 0 bridgehead atoms. The van der Waals surface area contributed by atoms with E-state index in [2.05, 4.69) is 31.7 Å². The van der Waals surface area contributed by atoms with Gasteiger partial charge in [-0.15, -0.1) is 0 Å². The van der Waals surface area contributed by atoms with E-state index in [1.54, 1.807) is 6.07 Å². The Kier molecular flexibility index (Phi) is 6.59. The zero-order valence-corrected chi connectivity index (χ0v) is 21.4. The third-order valence-corrected chi connectivity index (χ3v) is 8.01. The summed E-state index contributed by atoms with van der Waals surface area (Å²) in [5.41, 5.74) is 8.53. The van der Waals surface area contributed by atoms with E-state index in [1.807, 2.05) is 24.3 Å². The molecule has 194 valence electrons. The maximum Gasteiger partial charge on any atom is 0.329 e. The standard InChI is InChI=1S/C27H26N6O4S/c34-27(29-24-20-5-1-3-17(20)15-18-4-2-6-21(18)24)32-38-19-9-7-16(8-10-19)13-14-28-22-11-12-23(33(35)36)26-25(22)30-37-31-26/h7-12,15,28H,1-6,13-14H2,(H2,29,32,34). The number of aromatic nitrogens is 2. The molecule has 1 aromatic heterocycles. The molecule has 0 saturated heterocycles. The predicted octanol–water partition coefficient (Wildman–Crippen LogP) is 5.59. The lowest BCUT2D eigenvalue weighted by Crippen LogP contribution is -2.24. The number of benzene rings is 3. The van der Waals surface area contributed by atoms with Gasteiger partial charge in [0, 0.05) is 23.2 Å². The largest absolute Gasteiger partial charge is 0.383 e. The highest BCUT2D eigenvalue weighted by molar-refractivity contribution is 7.98. The summed E-state index contributed by atoms with van der Waals surface area (Å²) in [6.07, 6.45) is 7.31. The second kappa shape index (κ2) is 10.3. The van der Waals surface area contributed by atoms with E-state index >= 15 is 0 Å². The van der Waals surface area contributed by atoms with Crippen LogP contribution in [0.15, 0.2) is 52.0 Å². The van der Waals surface area contributed by atoms with Crippen molar-refractivity contribution in [3.8, 4) is 0 Å². The maximum atomic E-state index is 12.8. The molecule has 0 radical (unpaired) electrons. The fraction of sp³-hybridized carbons (Fsp3) is 0.296. The predicted molar refractivity (Wildman–Crippen MR) is 146 cm³/mol. The second-order valence-electron chi connectivity index (χ2n) is 9.56. The van der Waals surface area contributed by atoms with Crippen molar-refractivity contribution in [3.05, 3.63) is 80.4 Å². The first-order chi connectivity index (χ1) is 18.6. The molecule has 2 aliphatic carbocycles. The van der Waals surface area contributed by atoms with Crippen molar-refractivity contribution in [2.75, 3.05) is 17.2 Å². The third kappa shape index (κ3) is 4.76. The van der Waals surface area contributed by atoms with E-state index in [1.165, 1.54) is 40.3 Å². The fourth-order valence-electron chi connectivity index (χ4n) is 5.42. The molecule has 1 heterocycles. The SMILES string of the molecule is O=C(NSc1ccc(CCNc2ccc([N+](=O)[O-])c3nonc23)cc1)Nc1c2c(cc3c1CCC3)CCC2. The molecule has 0 fully saturated rings. The number of nitro benzene ring substituents is 1. The molecule has 6 rings (SSSR count). The van der Waals surface area contributed by atoms with Crippen LogP contribution in [0.4, 0.5) is 21.9 Å². The molecule has 0 aliphatic heterocycles. The highest BCUT2D eigenvalue weighted by Gasteiger charge is 2.25. The average Bonchev–Trinajstić information content (AvgIpc) is 3.69. The van der Waals surface area contributed by atoms with Crippen molar-refractivity contribution in [2.45, 2.75) is 49.8 Å². The van der Waals surface area contributed by atoms with Gasteiger partial charge in [0.25, 0.3) is 0 Å². The number of anilines is 2. The number of hydrogen-bond acceptors (Lipinski definition) is 8. The van der Waals surface area contributed by atoms with E-state index in [0.717, 1.165) is 61.1 Å². The number of nitrogens with zero attached hydrogens (tertiary/aromatic N) is 3. The number of carbonyl (C=O) groups excluding carboxylic acids is 1. The molecular weight excluding hydrogens is 504 g/mol. The second-order valence-corrected chi connectivity index (χ2v) is 10.4. The highest BCUT2D eigenvalue weighted by Crippen LogP contribution is 2.38. The molecule has 0 spiro atoms. The zero-order chi connectivity index (χ0) is 26.1. The normalized spacial score (nSPS) is 13.8. The molecule has 11 heteroatoms. The van der Waals surface area contributed by atoms with Gasteiger partial charge in [0.1, 0.15) is 0 Å². The first kappa shape index (κ1) is 24.2. The van der Waals surface area contributed by atoms with Crippen LogP contribution in [-0.4, -0.2) is 27.8 Å². The first-order valence-electron chi connectivity index (χ1n) is 12.7. The smallest absolute Gasteiger partial charge is 0.329 e. The van der Waals surface area contributed by atoms with Gasteiger partial charge in [-0.1, -0.05) is 18.2 Å². The Labute approximate surface area is 222 Å². The Balaban J connectivity index is 1.02.